The number of unbranched alkanes of at least 4 members (excludes halogenated alkanes) is 2. The summed E-state index contributed by atoms with van der Waals surface area (Å²) in [4.78, 5) is 10.7. The van der Waals surface area contributed by atoms with Gasteiger partial charge in [0.15, 0.2) is 0 Å². The Morgan fingerprint density at radius 1 is 1.20 bits per heavy atom. The molecule has 1 atom stereocenters. The SMILES string of the molecule is COC(=O)CCCCCC(OC)C(F)F. The standard InChI is InChI=1S/C10H18F2O3/c1-14-8(10(11)12)6-4-3-5-7-9(13)15-2/h8,10H,3-7H2,1-2H3. The Bertz CT molecular complexity index is 174. The van der Waals surface area contributed by atoms with E-state index in [9.17, 15) is 13.6 Å². The van der Waals surface area contributed by atoms with E-state index in [0.29, 0.717) is 25.7 Å². The number of halogens is 2. The number of hydrogen-bond donors (Lipinski definition) is 0. The van der Waals surface area contributed by atoms with Crippen LogP contribution in [0.25, 0.3) is 0 Å². The van der Waals surface area contributed by atoms with Crippen LogP contribution < -0.4 is 0 Å². The highest BCUT2D eigenvalue weighted by Crippen LogP contribution is 2.14. The van der Waals surface area contributed by atoms with Crippen LogP contribution in [0, 0.1) is 0 Å². The summed E-state index contributed by atoms with van der Waals surface area (Å²) in [7, 11) is 2.62. The fraction of sp³-hybridized carbons (Fsp3) is 0.900. The molecule has 0 N–H and O–H groups in total. The highest BCUT2D eigenvalue weighted by Gasteiger charge is 2.18. The lowest BCUT2D eigenvalue weighted by atomic mass is 10.1. The van der Waals surface area contributed by atoms with E-state index in [1.807, 2.05) is 0 Å². The van der Waals surface area contributed by atoms with Crippen molar-refractivity contribution in [1.82, 2.24) is 0 Å². The van der Waals surface area contributed by atoms with Crippen LogP contribution >= 0.6 is 0 Å². The first-order valence-electron chi connectivity index (χ1n) is 4.99. The molecule has 0 aliphatic rings. The van der Waals surface area contributed by atoms with Crippen LogP contribution in [-0.2, 0) is 14.3 Å². The van der Waals surface area contributed by atoms with E-state index in [2.05, 4.69) is 9.47 Å². The number of rotatable bonds is 8. The summed E-state index contributed by atoms with van der Waals surface area (Å²) in [5.74, 6) is -0.257. The molecule has 1 unspecified atom stereocenters. The molecule has 0 rings (SSSR count). The Morgan fingerprint density at radius 3 is 2.33 bits per heavy atom. The van der Waals surface area contributed by atoms with E-state index in [4.69, 9.17) is 0 Å². The number of methoxy groups -OCH3 is 2. The Hall–Kier alpha value is -0.710. The van der Waals surface area contributed by atoms with Crippen LogP contribution in [0.2, 0.25) is 0 Å². The van der Waals surface area contributed by atoms with Gasteiger partial charge in [-0.3, -0.25) is 4.79 Å². The average molecular weight is 224 g/mol. The molecule has 0 saturated carbocycles. The predicted molar refractivity (Wildman–Crippen MR) is 51.9 cm³/mol. The molecule has 0 spiro atoms. The minimum absolute atomic E-state index is 0.257. The summed E-state index contributed by atoms with van der Waals surface area (Å²) in [5.41, 5.74) is 0. The monoisotopic (exact) mass is 224 g/mol. The third-order valence-electron chi connectivity index (χ3n) is 2.18. The van der Waals surface area contributed by atoms with Crippen LogP contribution in [0.5, 0.6) is 0 Å². The molecule has 5 heteroatoms. The van der Waals surface area contributed by atoms with Gasteiger partial charge in [-0.15, -0.1) is 0 Å². The fourth-order valence-corrected chi connectivity index (χ4v) is 1.24. The van der Waals surface area contributed by atoms with Gasteiger partial charge in [-0.05, 0) is 12.8 Å². The maximum absolute atomic E-state index is 12.2. The zero-order chi connectivity index (χ0) is 11.7. The first-order valence-corrected chi connectivity index (χ1v) is 4.99. The largest absolute Gasteiger partial charge is 0.469 e. The van der Waals surface area contributed by atoms with Crippen LogP contribution in [-0.4, -0.2) is 32.7 Å². The van der Waals surface area contributed by atoms with Gasteiger partial charge in [0.1, 0.15) is 6.10 Å². The Balaban J connectivity index is 3.40. The third kappa shape index (κ3) is 7.25. The van der Waals surface area contributed by atoms with Crippen molar-refractivity contribution in [3.05, 3.63) is 0 Å². The van der Waals surface area contributed by atoms with Crippen LogP contribution in [0.4, 0.5) is 8.78 Å². The Morgan fingerprint density at radius 2 is 1.87 bits per heavy atom. The molecule has 0 aromatic heterocycles. The molecule has 3 nitrogen and oxygen atoms in total. The maximum Gasteiger partial charge on any atom is 0.305 e. The highest BCUT2D eigenvalue weighted by molar-refractivity contribution is 5.68. The van der Waals surface area contributed by atoms with Crippen LogP contribution in [0.3, 0.4) is 0 Å². The number of alkyl halides is 2. The van der Waals surface area contributed by atoms with E-state index in [1.54, 1.807) is 0 Å². The number of carbonyl (C=O) groups is 1. The van der Waals surface area contributed by atoms with Crippen molar-refractivity contribution in [3.63, 3.8) is 0 Å². The lowest BCUT2D eigenvalue weighted by molar-refractivity contribution is -0.140. The normalized spacial score (nSPS) is 12.9. The minimum atomic E-state index is -2.43. The molecule has 0 bridgehead atoms. The average Bonchev–Trinajstić information content (AvgIpc) is 2.22. The lowest BCUT2D eigenvalue weighted by Gasteiger charge is -2.13. The fourth-order valence-electron chi connectivity index (χ4n) is 1.24. The number of hydrogen-bond acceptors (Lipinski definition) is 3. The van der Waals surface area contributed by atoms with Crippen LogP contribution in [0.15, 0.2) is 0 Å². The number of esters is 1. The van der Waals surface area contributed by atoms with Gasteiger partial charge in [-0.2, -0.15) is 0 Å². The van der Waals surface area contributed by atoms with Crippen molar-refractivity contribution in [2.24, 2.45) is 0 Å². The van der Waals surface area contributed by atoms with Gasteiger partial charge in [0.05, 0.1) is 7.11 Å². The van der Waals surface area contributed by atoms with Crippen molar-refractivity contribution >= 4 is 5.97 Å². The second-order valence-electron chi connectivity index (χ2n) is 3.28. The smallest absolute Gasteiger partial charge is 0.305 e. The summed E-state index contributed by atoms with van der Waals surface area (Å²) in [6, 6.07) is 0. The van der Waals surface area contributed by atoms with Crippen LogP contribution in [0.1, 0.15) is 32.1 Å². The van der Waals surface area contributed by atoms with E-state index < -0.39 is 12.5 Å². The molecule has 0 fully saturated rings. The quantitative estimate of drug-likeness (QED) is 0.469. The molecule has 0 aromatic carbocycles. The van der Waals surface area contributed by atoms with Crippen molar-refractivity contribution < 1.29 is 23.0 Å². The van der Waals surface area contributed by atoms with Crippen molar-refractivity contribution in [2.45, 2.75) is 44.6 Å². The molecular weight excluding hydrogens is 206 g/mol. The lowest BCUT2D eigenvalue weighted by Crippen LogP contribution is -2.20. The van der Waals surface area contributed by atoms with Gasteiger partial charge in [0, 0.05) is 13.5 Å². The summed E-state index contributed by atoms with van der Waals surface area (Å²) >= 11 is 0. The highest BCUT2D eigenvalue weighted by atomic mass is 19.3. The van der Waals surface area contributed by atoms with Gasteiger partial charge in [0.2, 0.25) is 0 Å². The third-order valence-corrected chi connectivity index (χ3v) is 2.18. The Kier molecular flexibility index (Phi) is 8.18. The second kappa shape index (κ2) is 8.59. The summed E-state index contributed by atoms with van der Waals surface area (Å²) in [5, 5.41) is 0. The molecule has 90 valence electrons. The molecule has 0 aliphatic heterocycles. The van der Waals surface area contributed by atoms with Gasteiger partial charge in [0.25, 0.3) is 6.43 Å². The summed E-state index contributed by atoms with van der Waals surface area (Å²) < 4.78 is 33.5. The van der Waals surface area contributed by atoms with E-state index in [-0.39, 0.29) is 5.97 Å². The molecule has 0 radical (unpaired) electrons. The minimum Gasteiger partial charge on any atom is -0.469 e. The van der Waals surface area contributed by atoms with Crippen molar-refractivity contribution in [2.75, 3.05) is 14.2 Å². The molecule has 15 heavy (non-hydrogen) atoms. The second-order valence-corrected chi connectivity index (χ2v) is 3.28. The molecule has 0 amide bonds. The first-order chi connectivity index (χ1) is 7.11. The topological polar surface area (TPSA) is 35.5 Å². The van der Waals surface area contributed by atoms with E-state index in [1.165, 1.54) is 14.2 Å². The molecule has 0 heterocycles. The number of ether oxygens (including phenoxy) is 2. The Labute approximate surface area is 88.7 Å². The first kappa shape index (κ1) is 14.3. The maximum atomic E-state index is 12.2. The van der Waals surface area contributed by atoms with Gasteiger partial charge in [-0.1, -0.05) is 12.8 Å². The van der Waals surface area contributed by atoms with E-state index in [0.717, 1.165) is 6.42 Å². The zero-order valence-electron chi connectivity index (χ0n) is 9.17. The zero-order valence-corrected chi connectivity index (χ0v) is 9.17. The van der Waals surface area contributed by atoms with Crippen molar-refractivity contribution in [1.29, 1.82) is 0 Å². The van der Waals surface area contributed by atoms with Crippen molar-refractivity contribution in [3.8, 4) is 0 Å². The molecule has 0 aromatic rings. The molecule has 0 saturated heterocycles. The number of carbonyl (C=O) groups excluding carboxylic acids is 1. The summed E-state index contributed by atoms with van der Waals surface area (Å²) in [6.45, 7) is 0. The van der Waals surface area contributed by atoms with Gasteiger partial charge >= 0.3 is 5.97 Å². The molecule has 0 aliphatic carbocycles. The summed E-state index contributed by atoms with van der Waals surface area (Å²) in [6.07, 6.45) is -0.690. The van der Waals surface area contributed by atoms with E-state index >= 15 is 0 Å². The van der Waals surface area contributed by atoms with Gasteiger partial charge in [-0.25, -0.2) is 8.78 Å². The predicted octanol–water partition coefficient (Wildman–Crippen LogP) is 2.39. The van der Waals surface area contributed by atoms with Gasteiger partial charge < -0.3 is 9.47 Å². The molecular formula is C10H18F2O3.